The fourth-order valence-corrected chi connectivity index (χ4v) is 2.93. The van der Waals surface area contributed by atoms with Crippen LogP contribution in [-0.4, -0.2) is 48.0 Å². The predicted octanol–water partition coefficient (Wildman–Crippen LogP) is 2.27. The van der Waals surface area contributed by atoms with Gasteiger partial charge in [0.25, 0.3) is 5.91 Å². The second-order valence-corrected chi connectivity index (χ2v) is 6.43. The number of anilines is 1. The van der Waals surface area contributed by atoms with E-state index < -0.39 is 41.7 Å². The molecule has 8 nitrogen and oxygen atoms in total. The standard InChI is InChI=1S/C18H23F3N4O4/c1-3-29-16(27)11(2)22-17(28)25-10-6-9-14(25)15(26)24-23-13-8-5-4-7-12(13)18(19,20)21/h4-5,7-8,11,14,23H,3,6,9-10H2,1-2H3,(H,22,28)(H,24,26)/t11-,14?/m0/s1. The largest absolute Gasteiger partial charge is 0.464 e. The maximum absolute atomic E-state index is 13.0. The maximum Gasteiger partial charge on any atom is 0.418 e. The third-order valence-corrected chi connectivity index (χ3v) is 4.35. The van der Waals surface area contributed by atoms with Gasteiger partial charge in [-0.2, -0.15) is 13.2 Å². The van der Waals surface area contributed by atoms with Crippen molar-refractivity contribution in [2.45, 2.75) is 44.9 Å². The van der Waals surface area contributed by atoms with Gasteiger partial charge in [-0.15, -0.1) is 0 Å². The number of amides is 3. The van der Waals surface area contributed by atoms with Gasteiger partial charge in [0.1, 0.15) is 12.1 Å². The third-order valence-electron chi connectivity index (χ3n) is 4.35. The van der Waals surface area contributed by atoms with Crippen LogP contribution in [-0.2, 0) is 20.5 Å². The first-order valence-electron chi connectivity index (χ1n) is 9.11. The number of hydrazine groups is 1. The number of halogens is 3. The molecule has 0 aromatic heterocycles. The molecule has 1 fully saturated rings. The van der Waals surface area contributed by atoms with Crippen LogP contribution in [0.1, 0.15) is 32.3 Å². The number of nitrogens with zero attached hydrogens (tertiary/aromatic N) is 1. The molecule has 1 aromatic carbocycles. The molecule has 1 aromatic rings. The lowest BCUT2D eigenvalue weighted by Crippen LogP contribution is -2.53. The Labute approximate surface area is 165 Å². The number of para-hydroxylation sites is 1. The molecule has 1 unspecified atom stereocenters. The Kier molecular flexibility index (Phi) is 7.29. The molecule has 2 atom stereocenters. The van der Waals surface area contributed by atoms with E-state index in [9.17, 15) is 27.6 Å². The Morgan fingerprint density at radius 2 is 1.97 bits per heavy atom. The number of carbonyl (C=O) groups excluding carboxylic acids is 3. The molecule has 1 saturated heterocycles. The number of hydrogen-bond donors (Lipinski definition) is 3. The Morgan fingerprint density at radius 3 is 2.62 bits per heavy atom. The summed E-state index contributed by atoms with van der Waals surface area (Å²) in [7, 11) is 0. The monoisotopic (exact) mass is 416 g/mol. The molecule has 0 aliphatic carbocycles. The van der Waals surface area contributed by atoms with Crippen molar-refractivity contribution in [3.63, 3.8) is 0 Å². The van der Waals surface area contributed by atoms with Crippen molar-refractivity contribution < 1.29 is 32.3 Å². The number of hydrogen-bond acceptors (Lipinski definition) is 5. The zero-order valence-electron chi connectivity index (χ0n) is 16.0. The molecule has 3 amide bonds. The smallest absolute Gasteiger partial charge is 0.418 e. The van der Waals surface area contributed by atoms with E-state index in [1.807, 2.05) is 0 Å². The van der Waals surface area contributed by atoms with E-state index in [0.717, 1.165) is 6.07 Å². The molecule has 0 saturated carbocycles. The molecule has 3 N–H and O–H groups in total. The van der Waals surface area contributed by atoms with Gasteiger partial charge in [-0.3, -0.25) is 15.6 Å². The number of carbonyl (C=O) groups is 3. The molecule has 0 spiro atoms. The van der Waals surface area contributed by atoms with Gasteiger partial charge in [-0.1, -0.05) is 12.1 Å². The van der Waals surface area contributed by atoms with Gasteiger partial charge in [0.05, 0.1) is 17.9 Å². The SMILES string of the molecule is CCOC(=O)[C@H](C)NC(=O)N1CCCC1C(=O)NNc1ccccc1C(F)(F)F. The maximum atomic E-state index is 13.0. The quantitative estimate of drug-likeness (QED) is 0.488. The van der Waals surface area contributed by atoms with Gasteiger partial charge in [-0.05, 0) is 38.8 Å². The van der Waals surface area contributed by atoms with Crippen molar-refractivity contribution in [1.29, 1.82) is 0 Å². The Hall–Kier alpha value is -2.98. The summed E-state index contributed by atoms with van der Waals surface area (Å²) in [6.07, 6.45) is -3.70. The summed E-state index contributed by atoms with van der Waals surface area (Å²) in [5, 5.41) is 2.46. The molecule has 2 rings (SSSR count). The van der Waals surface area contributed by atoms with Crippen LogP contribution in [0.25, 0.3) is 0 Å². The van der Waals surface area contributed by atoms with Crippen molar-refractivity contribution in [2.24, 2.45) is 0 Å². The molecule has 160 valence electrons. The Balaban J connectivity index is 1.98. The predicted molar refractivity (Wildman–Crippen MR) is 97.6 cm³/mol. The molecule has 0 radical (unpaired) electrons. The van der Waals surface area contributed by atoms with Crippen LogP contribution in [0.2, 0.25) is 0 Å². The zero-order chi connectivity index (χ0) is 21.6. The summed E-state index contributed by atoms with van der Waals surface area (Å²) in [6, 6.07) is 2.31. The van der Waals surface area contributed by atoms with E-state index in [-0.39, 0.29) is 18.8 Å². The van der Waals surface area contributed by atoms with Crippen molar-refractivity contribution in [2.75, 3.05) is 18.6 Å². The van der Waals surface area contributed by atoms with Gasteiger partial charge in [0, 0.05) is 6.54 Å². The van der Waals surface area contributed by atoms with Crippen LogP contribution in [0.5, 0.6) is 0 Å². The average Bonchev–Trinajstić information content (AvgIpc) is 3.15. The first kappa shape index (κ1) is 22.3. The fourth-order valence-electron chi connectivity index (χ4n) is 2.93. The van der Waals surface area contributed by atoms with Gasteiger partial charge < -0.3 is 15.0 Å². The Bertz CT molecular complexity index is 757. The van der Waals surface area contributed by atoms with E-state index in [4.69, 9.17) is 4.74 Å². The number of alkyl halides is 3. The highest BCUT2D eigenvalue weighted by molar-refractivity contribution is 5.90. The van der Waals surface area contributed by atoms with Crippen molar-refractivity contribution >= 4 is 23.6 Å². The summed E-state index contributed by atoms with van der Waals surface area (Å²) >= 11 is 0. The normalized spacial score (nSPS) is 17.4. The molecule has 0 bridgehead atoms. The van der Waals surface area contributed by atoms with Gasteiger partial charge >= 0.3 is 18.2 Å². The minimum absolute atomic E-state index is 0.166. The molecular weight excluding hydrogens is 393 g/mol. The number of rotatable bonds is 6. The van der Waals surface area contributed by atoms with Crippen LogP contribution in [0.15, 0.2) is 24.3 Å². The van der Waals surface area contributed by atoms with E-state index in [1.165, 1.54) is 30.0 Å². The molecular formula is C18H23F3N4O4. The summed E-state index contributed by atoms with van der Waals surface area (Å²) in [6.45, 7) is 3.53. The number of esters is 1. The highest BCUT2D eigenvalue weighted by Gasteiger charge is 2.36. The lowest BCUT2D eigenvalue weighted by atomic mass is 10.2. The number of benzene rings is 1. The Morgan fingerprint density at radius 1 is 1.28 bits per heavy atom. The molecule has 11 heteroatoms. The van der Waals surface area contributed by atoms with E-state index in [0.29, 0.717) is 12.8 Å². The van der Waals surface area contributed by atoms with Crippen LogP contribution in [0.4, 0.5) is 23.7 Å². The second kappa shape index (κ2) is 9.48. The first-order chi connectivity index (χ1) is 13.6. The molecule has 1 heterocycles. The number of likely N-dealkylation sites (tertiary alicyclic amines) is 1. The summed E-state index contributed by atoms with van der Waals surface area (Å²) in [4.78, 5) is 37.7. The average molecular weight is 416 g/mol. The van der Waals surface area contributed by atoms with E-state index >= 15 is 0 Å². The van der Waals surface area contributed by atoms with E-state index in [1.54, 1.807) is 6.92 Å². The summed E-state index contributed by atoms with van der Waals surface area (Å²) in [5.74, 6) is -1.26. The zero-order valence-corrected chi connectivity index (χ0v) is 16.0. The van der Waals surface area contributed by atoms with Crippen LogP contribution < -0.4 is 16.2 Å². The molecule has 1 aliphatic heterocycles. The summed E-state index contributed by atoms with van der Waals surface area (Å²) < 4.78 is 43.9. The van der Waals surface area contributed by atoms with Crippen LogP contribution >= 0.6 is 0 Å². The topological polar surface area (TPSA) is 99.8 Å². The second-order valence-electron chi connectivity index (χ2n) is 6.43. The van der Waals surface area contributed by atoms with Gasteiger partial charge in [0.15, 0.2) is 0 Å². The molecule has 29 heavy (non-hydrogen) atoms. The van der Waals surface area contributed by atoms with Crippen LogP contribution in [0, 0.1) is 0 Å². The fraction of sp³-hybridized carbons (Fsp3) is 0.500. The van der Waals surface area contributed by atoms with Crippen LogP contribution in [0.3, 0.4) is 0 Å². The van der Waals surface area contributed by atoms with E-state index in [2.05, 4.69) is 16.2 Å². The van der Waals surface area contributed by atoms with Gasteiger partial charge in [-0.25, -0.2) is 9.59 Å². The highest BCUT2D eigenvalue weighted by atomic mass is 19.4. The number of nitrogens with one attached hydrogen (secondary N) is 3. The lowest BCUT2D eigenvalue weighted by molar-refractivity contribution is -0.145. The van der Waals surface area contributed by atoms with Crippen molar-refractivity contribution in [3.8, 4) is 0 Å². The van der Waals surface area contributed by atoms with Crippen molar-refractivity contribution in [3.05, 3.63) is 29.8 Å². The molecule has 1 aliphatic rings. The lowest BCUT2D eigenvalue weighted by Gasteiger charge is -2.26. The number of ether oxygens (including phenoxy) is 1. The first-order valence-corrected chi connectivity index (χ1v) is 9.11. The van der Waals surface area contributed by atoms with Crippen molar-refractivity contribution in [1.82, 2.24) is 15.6 Å². The third kappa shape index (κ3) is 5.75. The summed E-state index contributed by atoms with van der Waals surface area (Å²) in [5.41, 5.74) is 3.28. The minimum atomic E-state index is -4.59. The number of urea groups is 1. The van der Waals surface area contributed by atoms with Gasteiger partial charge in [0.2, 0.25) is 0 Å². The highest BCUT2D eigenvalue weighted by Crippen LogP contribution is 2.34. The minimum Gasteiger partial charge on any atom is -0.464 e.